The second kappa shape index (κ2) is 35.4. The van der Waals surface area contributed by atoms with E-state index < -0.39 is 10.2 Å². The van der Waals surface area contributed by atoms with E-state index in [4.69, 9.17) is 30.6 Å². The Morgan fingerprint density at radius 3 is 0.586 bits per heavy atom. The Morgan fingerprint density at radius 2 is 0.443 bits per heavy atom. The molecule has 4 aromatic carbocycles. The summed E-state index contributed by atoms with van der Waals surface area (Å²) in [5.41, 5.74) is 5.59. The minimum absolute atomic E-state index is 0. The van der Waals surface area contributed by atoms with Crippen molar-refractivity contribution >= 4 is 46.4 Å². The molecule has 4 amide bonds. The molecule has 0 bridgehead atoms. The summed E-state index contributed by atoms with van der Waals surface area (Å²) in [6.07, 6.45) is 12.8. The average molecular weight is 1130 g/mol. The molecule has 0 spiro atoms. The van der Waals surface area contributed by atoms with Crippen LogP contribution in [-0.2, 0) is 44.8 Å². The average Bonchev–Trinajstić information content (AvgIpc) is 3.36. The summed E-state index contributed by atoms with van der Waals surface area (Å²) in [5, 5.41) is 40.7. The Kier molecular flexibility index (Phi) is 30.0. The van der Waals surface area contributed by atoms with Crippen LogP contribution in [0.3, 0.4) is 0 Å². The zero-order valence-electron chi connectivity index (χ0n) is 36.2. The fourth-order valence-electron chi connectivity index (χ4n) is 4.91. The maximum absolute atomic E-state index is 11.7. The van der Waals surface area contributed by atoms with Crippen LogP contribution < -0.4 is 21.3 Å². The zero-order valence-corrected chi connectivity index (χ0v) is 39.1. The van der Waals surface area contributed by atoms with Gasteiger partial charge in [0.15, 0.2) is 0 Å². The first-order valence-corrected chi connectivity index (χ1v) is 19.6. The number of carbonyl (C=O) groups is 4. The van der Waals surface area contributed by atoms with Crippen molar-refractivity contribution in [2.75, 3.05) is 21.3 Å². The molecule has 4 aromatic heterocycles. The molecule has 0 radical (unpaired) electrons. The van der Waals surface area contributed by atoms with E-state index in [0.29, 0.717) is 22.3 Å². The van der Waals surface area contributed by atoms with Crippen LogP contribution in [0.1, 0.15) is 41.4 Å². The van der Waals surface area contributed by atoms with Crippen LogP contribution in [0.4, 0.5) is 22.7 Å². The van der Waals surface area contributed by atoms with Crippen LogP contribution >= 0.6 is 0 Å². The molecule has 0 fully saturated rings. The standard InChI is InChI=1S/4C12H10N2O.2Ag.2NO3/c4*15-12(10-6-8-13-9-7-10)14-11-4-2-1-3-5-11;;;2*2-1(3)4/h4*1-9H,(H,14,15);;;;/q;;;;2*+1;2*-1. The number of nitrogens with one attached hydrogen (secondary N) is 4. The van der Waals surface area contributed by atoms with Crippen molar-refractivity contribution in [2.45, 2.75) is 0 Å². The summed E-state index contributed by atoms with van der Waals surface area (Å²) in [7, 11) is 0. The molecular weight excluding hydrogens is 1090 g/mol. The van der Waals surface area contributed by atoms with Gasteiger partial charge in [0.05, 0.1) is 10.2 Å². The molecule has 8 rings (SSSR count). The molecule has 0 saturated carbocycles. The van der Waals surface area contributed by atoms with Gasteiger partial charge < -0.3 is 51.9 Å². The molecule has 0 aliphatic heterocycles. The quantitative estimate of drug-likeness (QED) is 0.0628. The van der Waals surface area contributed by atoms with Gasteiger partial charge in [-0.15, -0.1) is 0 Å². The van der Waals surface area contributed by atoms with Gasteiger partial charge in [-0.05, 0) is 97.1 Å². The number of benzene rings is 4. The molecule has 4 heterocycles. The number of amides is 4. The number of rotatable bonds is 8. The number of hydrogen-bond acceptors (Lipinski definition) is 14. The zero-order chi connectivity index (χ0) is 49.2. The number of pyridine rings is 4. The summed E-state index contributed by atoms with van der Waals surface area (Å²) >= 11 is 0. The van der Waals surface area contributed by atoms with Gasteiger partial charge in [-0.2, -0.15) is 0 Å². The first kappa shape index (κ1) is 59.3. The van der Waals surface area contributed by atoms with E-state index in [2.05, 4.69) is 41.2 Å². The van der Waals surface area contributed by atoms with Crippen molar-refractivity contribution in [1.82, 2.24) is 19.9 Å². The van der Waals surface area contributed by atoms with Gasteiger partial charge in [0.2, 0.25) is 0 Å². The van der Waals surface area contributed by atoms with E-state index in [-0.39, 0.29) is 68.4 Å². The molecular formula is C48H40Ag2N10O10. The van der Waals surface area contributed by atoms with E-state index in [1.165, 1.54) is 0 Å². The first-order valence-electron chi connectivity index (χ1n) is 19.6. The molecule has 20 nitrogen and oxygen atoms in total. The van der Waals surface area contributed by atoms with Crippen LogP contribution in [0, 0.1) is 30.6 Å². The number of nitrogens with zero attached hydrogens (tertiary/aromatic N) is 6. The number of anilines is 4. The Bertz CT molecular complexity index is 2340. The Balaban J connectivity index is 0.000000439. The van der Waals surface area contributed by atoms with Gasteiger partial charge in [-0.1, -0.05) is 72.8 Å². The maximum atomic E-state index is 11.7. The van der Waals surface area contributed by atoms with E-state index >= 15 is 0 Å². The fraction of sp³-hybridized carbons (Fsp3) is 0. The van der Waals surface area contributed by atoms with Crippen molar-refractivity contribution in [3.63, 3.8) is 0 Å². The van der Waals surface area contributed by atoms with E-state index in [0.717, 1.165) is 22.7 Å². The molecule has 8 aromatic rings. The third kappa shape index (κ3) is 26.4. The third-order valence-corrected chi connectivity index (χ3v) is 7.90. The molecule has 0 atom stereocenters. The van der Waals surface area contributed by atoms with Gasteiger partial charge in [-0.25, -0.2) is 0 Å². The van der Waals surface area contributed by atoms with Gasteiger partial charge in [0.25, 0.3) is 23.6 Å². The smallest absolute Gasteiger partial charge is 0.356 e. The largest absolute Gasteiger partial charge is 1.00 e. The molecule has 364 valence electrons. The Morgan fingerprint density at radius 1 is 0.300 bits per heavy atom. The van der Waals surface area contributed by atoms with E-state index in [9.17, 15) is 19.2 Å². The van der Waals surface area contributed by atoms with Crippen LogP contribution in [0.15, 0.2) is 219 Å². The van der Waals surface area contributed by atoms with E-state index in [1.54, 1.807) is 98.1 Å². The van der Waals surface area contributed by atoms with Crippen molar-refractivity contribution in [1.29, 1.82) is 0 Å². The molecule has 4 N–H and O–H groups in total. The molecule has 0 aliphatic rings. The van der Waals surface area contributed by atoms with Crippen molar-refractivity contribution in [3.05, 3.63) is 272 Å². The SMILES string of the molecule is O=C(Nc1ccccc1)c1ccncc1.O=C(Nc1ccccc1)c1ccncc1.O=C(Nc1ccccc1)c1ccncc1.O=C(Nc1ccccc1)c1ccncc1.O=[N+]([O-])[O-].O=[N+]([O-])[O-].[Ag+].[Ag+]. The second-order valence-corrected chi connectivity index (χ2v) is 12.7. The fourth-order valence-corrected chi connectivity index (χ4v) is 4.91. The maximum Gasteiger partial charge on any atom is 1.00 e. The Labute approximate surface area is 431 Å². The van der Waals surface area contributed by atoms with Crippen LogP contribution in [0.25, 0.3) is 0 Å². The van der Waals surface area contributed by atoms with Crippen LogP contribution in [0.5, 0.6) is 0 Å². The minimum Gasteiger partial charge on any atom is -0.356 e. The second-order valence-electron chi connectivity index (χ2n) is 12.7. The number of aromatic nitrogens is 4. The summed E-state index contributed by atoms with van der Waals surface area (Å²) in [5.74, 6) is -0.487. The monoisotopic (exact) mass is 1130 g/mol. The summed E-state index contributed by atoms with van der Waals surface area (Å²) in [6.45, 7) is 0. The van der Waals surface area contributed by atoms with Gasteiger partial charge >= 0.3 is 44.8 Å². The minimum atomic E-state index is -1.75. The van der Waals surface area contributed by atoms with Gasteiger partial charge in [0, 0.05) is 94.6 Å². The van der Waals surface area contributed by atoms with Crippen molar-refractivity contribution in [3.8, 4) is 0 Å². The summed E-state index contributed by atoms with van der Waals surface area (Å²) in [4.78, 5) is 78.6. The Hall–Kier alpha value is -8.76. The van der Waals surface area contributed by atoms with E-state index in [1.807, 2.05) is 121 Å². The number of carbonyl (C=O) groups excluding carboxylic acids is 4. The number of para-hydroxylation sites is 4. The van der Waals surface area contributed by atoms with Crippen LogP contribution in [-0.4, -0.2) is 53.7 Å². The van der Waals surface area contributed by atoms with Crippen molar-refractivity contribution < 1.29 is 74.1 Å². The van der Waals surface area contributed by atoms with Gasteiger partial charge in [-0.3, -0.25) is 39.1 Å². The summed E-state index contributed by atoms with van der Waals surface area (Å²) < 4.78 is 0. The predicted octanol–water partition coefficient (Wildman–Crippen LogP) is 8.85. The topological polar surface area (TPSA) is 300 Å². The third-order valence-electron chi connectivity index (χ3n) is 7.90. The molecule has 0 unspecified atom stereocenters. The number of hydrogen-bond donors (Lipinski definition) is 4. The first-order chi connectivity index (χ1) is 32.9. The predicted molar refractivity (Wildman–Crippen MR) is 255 cm³/mol. The molecule has 70 heavy (non-hydrogen) atoms. The molecule has 0 aliphatic carbocycles. The van der Waals surface area contributed by atoms with Gasteiger partial charge in [0.1, 0.15) is 0 Å². The van der Waals surface area contributed by atoms with Crippen LogP contribution in [0.2, 0.25) is 0 Å². The summed E-state index contributed by atoms with van der Waals surface area (Å²) in [6, 6.07) is 50.8. The normalized spacial score (nSPS) is 8.91. The molecule has 22 heteroatoms. The molecule has 0 saturated heterocycles. The van der Waals surface area contributed by atoms with Crippen molar-refractivity contribution in [2.24, 2.45) is 0 Å².